The molecule has 3 aromatic rings. The molecule has 0 bridgehead atoms. The van der Waals surface area contributed by atoms with E-state index >= 15 is 0 Å². The predicted molar refractivity (Wildman–Crippen MR) is 103 cm³/mol. The van der Waals surface area contributed by atoms with Crippen LogP contribution in [-0.2, 0) is 6.61 Å². The Balaban J connectivity index is 1.69. The molecule has 0 aliphatic carbocycles. The molecule has 0 saturated heterocycles. The van der Waals surface area contributed by atoms with E-state index in [0.717, 1.165) is 0 Å². The molecule has 0 heterocycles. The van der Waals surface area contributed by atoms with E-state index < -0.39 is 5.91 Å². The first kappa shape index (κ1) is 19.0. The predicted octanol–water partition coefficient (Wildman–Crippen LogP) is 5.67. The summed E-state index contributed by atoms with van der Waals surface area (Å²) in [5.41, 5.74) is 1.13. The van der Waals surface area contributed by atoms with E-state index in [0.29, 0.717) is 22.0 Å². The van der Waals surface area contributed by atoms with Crippen molar-refractivity contribution in [2.75, 3.05) is 5.32 Å². The van der Waals surface area contributed by atoms with Gasteiger partial charge in [-0.2, -0.15) is 0 Å². The molecule has 0 saturated carbocycles. The van der Waals surface area contributed by atoms with Crippen molar-refractivity contribution >= 4 is 34.8 Å². The lowest BCUT2D eigenvalue weighted by Gasteiger charge is -2.11. The maximum atomic E-state index is 13.2. The number of benzene rings is 3. The summed E-state index contributed by atoms with van der Waals surface area (Å²) in [7, 11) is 0. The Hall–Kier alpha value is -2.76. The molecule has 4 nitrogen and oxygen atoms in total. The number of hydrogen-bond acceptors (Lipinski definition) is 3. The lowest BCUT2D eigenvalue weighted by Crippen LogP contribution is -2.12. The molecular formula is C20H14Cl2FNO3. The molecule has 0 fully saturated rings. The van der Waals surface area contributed by atoms with Crippen molar-refractivity contribution in [2.45, 2.75) is 6.61 Å². The standard InChI is InChI=1S/C20H14Cl2FNO3/c21-13-4-6-18(25)16(9-13)20(26)24-15-5-7-19(17(22)10-15)27-11-12-2-1-3-14(23)8-12/h1-10,25H,11H2,(H,24,26). The van der Waals surface area contributed by atoms with Crippen molar-refractivity contribution < 1.29 is 19.0 Å². The number of ether oxygens (including phenoxy) is 1. The van der Waals surface area contributed by atoms with Crippen molar-refractivity contribution in [3.05, 3.63) is 87.7 Å². The molecule has 3 aromatic carbocycles. The van der Waals surface area contributed by atoms with E-state index in [-0.39, 0.29) is 28.8 Å². The number of halogens is 3. The van der Waals surface area contributed by atoms with E-state index in [9.17, 15) is 14.3 Å². The van der Waals surface area contributed by atoms with Crippen LogP contribution in [0.25, 0.3) is 0 Å². The Morgan fingerprint density at radius 2 is 1.89 bits per heavy atom. The summed E-state index contributed by atoms with van der Waals surface area (Å²) < 4.78 is 18.8. The first-order valence-electron chi connectivity index (χ1n) is 7.89. The second-order valence-electron chi connectivity index (χ2n) is 5.68. The molecule has 3 rings (SSSR count). The van der Waals surface area contributed by atoms with Gasteiger partial charge in [0.1, 0.15) is 23.9 Å². The van der Waals surface area contributed by atoms with E-state index in [1.165, 1.54) is 36.4 Å². The third-order valence-corrected chi connectivity index (χ3v) is 4.21. The Bertz CT molecular complexity index is 995. The Kier molecular flexibility index (Phi) is 5.84. The maximum Gasteiger partial charge on any atom is 0.259 e. The molecule has 0 aliphatic rings. The van der Waals surface area contributed by atoms with Crippen molar-refractivity contribution in [3.8, 4) is 11.5 Å². The Morgan fingerprint density at radius 1 is 1.07 bits per heavy atom. The fraction of sp³-hybridized carbons (Fsp3) is 0.0500. The summed E-state index contributed by atoms with van der Waals surface area (Å²) in [6.07, 6.45) is 0. The Labute approximate surface area is 165 Å². The van der Waals surface area contributed by atoms with Crippen LogP contribution in [0.2, 0.25) is 10.0 Å². The SMILES string of the molecule is O=C(Nc1ccc(OCc2cccc(F)c2)c(Cl)c1)c1cc(Cl)ccc1O. The molecule has 0 aromatic heterocycles. The van der Waals surface area contributed by atoms with Crippen LogP contribution in [0.5, 0.6) is 11.5 Å². The molecular weight excluding hydrogens is 392 g/mol. The van der Waals surface area contributed by atoms with Gasteiger partial charge in [-0.25, -0.2) is 4.39 Å². The largest absolute Gasteiger partial charge is 0.507 e. The molecule has 0 aliphatic heterocycles. The molecule has 27 heavy (non-hydrogen) atoms. The molecule has 7 heteroatoms. The normalized spacial score (nSPS) is 10.5. The minimum atomic E-state index is -0.528. The lowest BCUT2D eigenvalue weighted by molar-refractivity contribution is 0.102. The third kappa shape index (κ3) is 4.90. The fourth-order valence-electron chi connectivity index (χ4n) is 2.37. The second-order valence-corrected chi connectivity index (χ2v) is 6.52. The number of hydrogen-bond donors (Lipinski definition) is 2. The van der Waals surface area contributed by atoms with Crippen LogP contribution < -0.4 is 10.1 Å². The van der Waals surface area contributed by atoms with Gasteiger partial charge in [-0.3, -0.25) is 4.79 Å². The van der Waals surface area contributed by atoms with Gasteiger partial charge in [0.15, 0.2) is 0 Å². The summed E-state index contributed by atoms with van der Waals surface area (Å²) in [4.78, 5) is 12.3. The van der Waals surface area contributed by atoms with E-state index in [2.05, 4.69) is 5.32 Å². The highest BCUT2D eigenvalue weighted by Crippen LogP contribution is 2.29. The van der Waals surface area contributed by atoms with Gasteiger partial charge in [0.05, 0.1) is 10.6 Å². The number of carbonyl (C=O) groups excluding carboxylic acids is 1. The average Bonchev–Trinajstić information content (AvgIpc) is 2.63. The van der Waals surface area contributed by atoms with Crippen molar-refractivity contribution in [3.63, 3.8) is 0 Å². The fourth-order valence-corrected chi connectivity index (χ4v) is 2.78. The number of amides is 1. The van der Waals surface area contributed by atoms with Gasteiger partial charge in [-0.15, -0.1) is 0 Å². The number of anilines is 1. The van der Waals surface area contributed by atoms with Crippen molar-refractivity contribution in [2.24, 2.45) is 0 Å². The number of carbonyl (C=O) groups is 1. The number of nitrogens with one attached hydrogen (secondary N) is 1. The van der Waals surface area contributed by atoms with E-state index in [4.69, 9.17) is 27.9 Å². The summed E-state index contributed by atoms with van der Waals surface area (Å²) in [6.45, 7) is 0.152. The highest BCUT2D eigenvalue weighted by atomic mass is 35.5. The van der Waals surface area contributed by atoms with Crippen LogP contribution >= 0.6 is 23.2 Å². The van der Waals surface area contributed by atoms with E-state index in [1.54, 1.807) is 24.3 Å². The average molecular weight is 406 g/mol. The molecule has 0 unspecified atom stereocenters. The zero-order valence-electron chi connectivity index (χ0n) is 13.9. The topological polar surface area (TPSA) is 58.6 Å². The van der Waals surface area contributed by atoms with Crippen LogP contribution in [0.3, 0.4) is 0 Å². The quantitative estimate of drug-likeness (QED) is 0.574. The van der Waals surface area contributed by atoms with Gasteiger partial charge in [0.25, 0.3) is 5.91 Å². The van der Waals surface area contributed by atoms with Gasteiger partial charge in [0.2, 0.25) is 0 Å². The Morgan fingerprint density at radius 3 is 2.63 bits per heavy atom. The van der Waals surface area contributed by atoms with Crippen LogP contribution in [0.4, 0.5) is 10.1 Å². The van der Waals surface area contributed by atoms with Crippen LogP contribution in [0.15, 0.2) is 60.7 Å². The molecule has 0 spiro atoms. The molecule has 1 amide bonds. The van der Waals surface area contributed by atoms with Gasteiger partial charge >= 0.3 is 0 Å². The van der Waals surface area contributed by atoms with Crippen molar-refractivity contribution in [1.29, 1.82) is 0 Å². The summed E-state index contributed by atoms with van der Waals surface area (Å²) in [5, 5.41) is 13.0. The maximum absolute atomic E-state index is 13.2. The van der Waals surface area contributed by atoms with Crippen LogP contribution in [0, 0.1) is 5.82 Å². The molecule has 0 atom stereocenters. The lowest BCUT2D eigenvalue weighted by atomic mass is 10.2. The summed E-state index contributed by atoms with van der Waals surface area (Å²) in [5.74, 6) is -0.661. The zero-order valence-corrected chi connectivity index (χ0v) is 15.4. The second kappa shape index (κ2) is 8.29. The molecule has 0 radical (unpaired) electrons. The molecule has 2 N–H and O–H groups in total. The first-order valence-corrected chi connectivity index (χ1v) is 8.64. The van der Waals surface area contributed by atoms with Gasteiger partial charge < -0.3 is 15.2 Å². The zero-order chi connectivity index (χ0) is 19.4. The van der Waals surface area contributed by atoms with E-state index in [1.807, 2.05) is 0 Å². The monoisotopic (exact) mass is 405 g/mol. The number of rotatable bonds is 5. The summed E-state index contributed by atoms with van der Waals surface area (Å²) >= 11 is 12.0. The van der Waals surface area contributed by atoms with Gasteiger partial charge in [-0.1, -0.05) is 35.3 Å². The van der Waals surface area contributed by atoms with Crippen LogP contribution in [-0.4, -0.2) is 11.0 Å². The minimum absolute atomic E-state index is 0.0463. The number of phenolic OH excluding ortho intramolecular Hbond substituents is 1. The van der Waals surface area contributed by atoms with Gasteiger partial charge in [0, 0.05) is 10.7 Å². The minimum Gasteiger partial charge on any atom is -0.507 e. The number of phenols is 1. The summed E-state index contributed by atoms with van der Waals surface area (Å²) in [6, 6.07) is 15.0. The highest BCUT2D eigenvalue weighted by Gasteiger charge is 2.13. The van der Waals surface area contributed by atoms with Crippen LogP contribution in [0.1, 0.15) is 15.9 Å². The van der Waals surface area contributed by atoms with Gasteiger partial charge in [-0.05, 0) is 54.1 Å². The van der Waals surface area contributed by atoms with Crippen molar-refractivity contribution in [1.82, 2.24) is 0 Å². The number of aromatic hydroxyl groups is 1. The smallest absolute Gasteiger partial charge is 0.259 e. The highest BCUT2D eigenvalue weighted by molar-refractivity contribution is 6.32. The molecule has 138 valence electrons. The first-order chi connectivity index (χ1) is 12.9. The third-order valence-electron chi connectivity index (χ3n) is 3.68.